The molecule has 2 aromatic heterocycles. The van der Waals surface area contributed by atoms with Crippen LogP contribution in [0.3, 0.4) is 0 Å². The number of benzene rings is 1. The van der Waals surface area contributed by atoms with Gasteiger partial charge < -0.3 is 14.4 Å². The Morgan fingerprint density at radius 2 is 1.86 bits per heavy atom. The van der Waals surface area contributed by atoms with Crippen molar-refractivity contribution in [3.05, 3.63) is 42.7 Å². The third-order valence-electron chi connectivity index (χ3n) is 5.81. The second kappa shape index (κ2) is 7.05. The van der Waals surface area contributed by atoms with Crippen LogP contribution in [0.25, 0.3) is 10.9 Å². The predicted molar refractivity (Wildman–Crippen MR) is 112 cm³/mol. The lowest BCUT2D eigenvalue weighted by molar-refractivity contribution is 0.240. The molecule has 0 atom stereocenters. The normalized spacial score (nSPS) is 18.0. The van der Waals surface area contributed by atoms with Crippen LogP contribution >= 0.6 is 0 Å². The van der Waals surface area contributed by atoms with E-state index >= 15 is 0 Å². The van der Waals surface area contributed by atoms with E-state index in [9.17, 15) is 0 Å². The van der Waals surface area contributed by atoms with E-state index in [0.717, 1.165) is 49.4 Å². The second-order valence-electron chi connectivity index (χ2n) is 8.04. The Kier molecular flexibility index (Phi) is 4.39. The zero-order chi connectivity index (χ0) is 19.1. The summed E-state index contributed by atoms with van der Waals surface area (Å²) in [6.07, 6.45) is 8.34. The number of nitrogens with zero attached hydrogens (tertiary/aromatic N) is 7. The molecule has 0 spiro atoms. The molecule has 0 radical (unpaired) electrons. The van der Waals surface area contributed by atoms with E-state index < -0.39 is 0 Å². The molecular formula is C21H27N7. The molecule has 2 aliphatic rings. The van der Waals surface area contributed by atoms with E-state index in [1.54, 1.807) is 6.33 Å². The van der Waals surface area contributed by atoms with Crippen molar-refractivity contribution in [2.75, 3.05) is 50.1 Å². The smallest absolute Gasteiger partial charge is 0.139 e. The van der Waals surface area contributed by atoms with Crippen LogP contribution in [0.1, 0.15) is 24.7 Å². The quantitative estimate of drug-likeness (QED) is 0.681. The number of fused-ring (bicyclic) bond motifs is 1. The fourth-order valence-corrected chi connectivity index (χ4v) is 4.10. The maximum atomic E-state index is 4.60. The lowest BCUT2D eigenvalue weighted by Crippen LogP contribution is -2.46. The van der Waals surface area contributed by atoms with Crippen molar-refractivity contribution in [3.63, 3.8) is 0 Å². The Balaban J connectivity index is 1.28. The first-order chi connectivity index (χ1) is 13.7. The van der Waals surface area contributed by atoms with Crippen molar-refractivity contribution in [1.29, 1.82) is 0 Å². The topological polar surface area (TPSA) is 53.3 Å². The molecule has 1 saturated carbocycles. The molecule has 1 saturated heterocycles. The first-order valence-corrected chi connectivity index (χ1v) is 10.1. The fourth-order valence-electron chi connectivity index (χ4n) is 4.10. The van der Waals surface area contributed by atoms with Crippen molar-refractivity contribution in [1.82, 2.24) is 24.4 Å². The molecule has 3 heterocycles. The van der Waals surface area contributed by atoms with Crippen LogP contribution in [0.4, 0.5) is 11.5 Å². The molecule has 7 nitrogen and oxygen atoms in total. The van der Waals surface area contributed by atoms with Crippen LogP contribution in [-0.4, -0.2) is 64.7 Å². The Morgan fingerprint density at radius 1 is 1.04 bits per heavy atom. The van der Waals surface area contributed by atoms with E-state index in [1.165, 1.54) is 24.4 Å². The molecule has 1 aliphatic carbocycles. The molecule has 3 aromatic rings. The number of rotatable bonds is 5. The highest BCUT2D eigenvalue weighted by Crippen LogP contribution is 2.35. The summed E-state index contributed by atoms with van der Waals surface area (Å²) in [6.45, 7) is 5.12. The van der Waals surface area contributed by atoms with Crippen LogP contribution in [-0.2, 0) is 6.54 Å². The molecular weight excluding hydrogens is 350 g/mol. The summed E-state index contributed by atoms with van der Waals surface area (Å²) in [6, 6.07) is 7.23. The Morgan fingerprint density at radius 3 is 2.61 bits per heavy atom. The first kappa shape index (κ1) is 17.4. The highest BCUT2D eigenvalue weighted by molar-refractivity contribution is 5.91. The van der Waals surface area contributed by atoms with Gasteiger partial charge in [-0.3, -0.25) is 4.90 Å². The molecule has 1 aliphatic heterocycles. The summed E-state index contributed by atoms with van der Waals surface area (Å²) in [5.41, 5.74) is 2.25. The molecule has 0 N–H and O–H groups in total. The van der Waals surface area contributed by atoms with Crippen LogP contribution in [0.15, 0.2) is 36.9 Å². The van der Waals surface area contributed by atoms with Gasteiger partial charge in [-0.25, -0.2) is 15.0 Å². The predicted octanol–water partition coefficient (Wildman–Crippen LogP) is 2.55. The number of hydrogen-bond acceptors (Lipinski definition) is 6. The van der Waals surface area contributed by atoms with Gasteiger partial charge in [0.1, 0.15) is 18.0 Å². The fraction of sp³-hybridized carbons (Fsp3) is 0.476. The van der Waals surface area contributed by atoms with Gasteiger partial charge in [-0.2, -0.15) is 0 Å². The number of aromatic nitrogens is 4. The van der Waals surface area contributed by atoms with Crippen LogP contribution in [0.5, 0.6) is 0 Å². The third kappa shape index (κ3) is 3.30. The lowest BCUT2D eigenvalue weighted by Gasteiger charge is -2.36. The lowest BCUT2D eigenvalue weighted by atomic mass is 10.1. The van der Waals surface area contributed by atoms with Crippen molar-refractivity contribution < 1.29 is 0 Å². The van der Waals surface area contributed by atoms with Gasteiger partial charge in [0.25, 0.3) is 0 Å². The van der Waals surface area contributed by atoms with E-state index in [-0.39, 0.29) is 0 Å². The summed E-state index contributed by atoms with van der Waals surface area (Å²) in [5, 5.41) is 1.11. The van der Waals surface area contributed by atoms with Crippen LogP contribution in [0.2, 0.25) is 0 Å². The minimum absolute atomic E-state index is 0.699. The maximum Gasteiger partial charge on any atom is 0.139 e. The van der Waals surface area contributed by atoms with Gasteiger partial charge in [0.05, 0.1) is 12.1 Å². The van der Waals surface area contributed by atoms with Gasteiger partial charge in [0, 0.05) is 69.8 Å². The van der Waals surface area contributed by atoms with Crippen molar-refractivity contribution in [2.24, 2.45) is 0 Å². The Hall–Kier alpha value is -2.67. The van der Waals surface area contributed by atoms with Crippen molar-refractivity contribution >= 4 is 22.4 Å². The molecule has 1 aromatic carbocycles. The monoisotopic (exact) mass is 377 g/mol. The number of hydrogen-bond donors (Lipinski definition) is 0. The summed E-state index contributed by atoms with van der Waals surface area (Å²) >= 11 is 0. The van der Waals surface area contributed by atoms with E-state index in [1.807, 2.05) is 25.2 Å². The van der Waals surface area contributed by atoms with Crippen LogP contribution in [0, 0.1) is 0 Å². The standard InChI is InChI=1S/C21H27N7/c1-25(2)21-18-13-17(5-6-19(18)23-15-24-21)27-11-9-26(10-12-27)14-20-22-7-8-28(20)16-3-4-16/h5-8,13,15-16H,3-4,9-12,14H2,1-2H3. The van der Waals surface area contributed by atoms with Gasteiger partial charge >= 0.3 is 0 Å². The number of imidazole rings is 1. The maximum absolute atomic E-state index is 4.60. The highest BCUT2D eigenvalue weighted by atomic mass is 15.3. The zero-order valence-corrected chi connectivity index (χ0v) is 16.6. The minimum Gasteiger partial charge on any atom is -0.369 e. The van der Waals surface area contributed by atoms with E-state index in [4.69, 9.17) is 0 Å². The van der Waals surface area contributed by atoms with Gasteiger partial charge in [0.15, 0.2) is 0 Å². The van der Waals surface area contributed by atoms with Gasteiger partial charge in [-0.05, 0) is 31.0 Å². The molecule has 0 unspecified atom stereocenters. The Bertz CT molecular complexity index is 968. The van der Waals surface area contributed by atoms with Gasteiger partial charge in [0.2, 0.25) is 0 Å². The average molecular weight is 377 g/mol. The van der Waals surface area contributed by atoms with E-state index in [2.05, 4.69) is 53.7 Å². The number of piperazine rings is 1. The van der Waals surface area contributed by atoms with Crippen LogP contribution < -0.4 is 9.80 Å². The van der Waals surface area contributed by atoms with E-state index in [0.29, 0.717) is 6.04 Å². The first-order valence-electron chi connectivity index (χ1n) is 10.1. The van der Waals surface area contributed by atoms with Crippen molar-refractivity contribution in [3.8, 4) is 0 Å². The molecule has 7 heteroatoms. The molecule has 2 fully saturated rings. The second-order valence-corrected chi connectivity index (χ2v) is 8.04. The SMILES string of the molecule is CN(C)c1ncnc2ccc(N3CCN(Cc4nccn4C4CC4)CC3)cc12. The summed E-state index contributed by atoms with van der Waals surface area (Å²) < 4.78 is 2.37. The highest BCUT2D eigenvalue weighted by Gasteiger charge is 2.26. The largest absolute Gasteiger partial charge is 0.369 e. The van der Waals surface area contributed by atoms with Gasteiger partial charge in [-0.15, -0.1) is 0 Å². The zero-order valence-electron chi connectivity index (χ0n) is 16.6. The molecule has 28 heavy (non-hydrogen) atoms. The number of anilines is 2. The molecule has 0 amide bonds. The minimum atomic E-state index is 0.699. The van der Waals surface area contributed by atoms with Crippen molar-refractivity contribution in [2.45, 2.75) is 25.4 Å². The molecule has 0 bridgehead atoms. The summed E-state index contributed by atoms with van der Waals surface area (Å²) in [4.78, 5) is 20.5. The Labute approximate surface area is 165 Å². The summed E-state index contributed by atoms with van der Waals surface area (Å²) in [7, 11) is 4.05. The van der Waals surface area contributed by atoms with Gasteiger partial charge in [-0.1, -0.05) is 0 Å². The third-order valence-corrected chi connectivity index (χ3v) is 5.81. The molecule has 5 rings (SSSR count). The average Bonchev–Trinajstić information content (AvgIpc) is 3.46. The summed E-state index contributed by atoms with van der Waals surface area (Å²) in [5.74, 6) is 2.19. The molecule has 146 valence electrons.